The lowest BCUT2D eigenvalue weighted by Gasteiger charge is -2.32. The fraction of sp³-hybridized carbons (Fsp3) is 0.625. The van der Waals surface area contributed by atoms with Crippen molar-refractivity contribution in [3.63, 3.8) is 0 Å². The summed E-state index contributed by atoms with van der Waals surface area (Å²) in [6, 6.07) is 4.25. The molecule has 0 radical (unpaired) electrons. The molecule has 0 spiro atoms. The zero-order valence-electron chi connectivity index (χ0n) is 12.8. The summed E-state index contributed by atoms with van der Waals surface area (Å²) >= 11 is 0. The monoisotopic (exact) mass is 275 g/mol. The Morgan fingerprint density at radius 2 is 2.30 bits per heavy atom. The normalized spacial score (nSPS) is 18.9. The second-order valence-electron chi connectivity index (χ2n) is 5.93. The SMILES string of the molecule is CC(=O)N1CCCC(CCc2ccnc(N(C)C)c2)C1. The second-order valence-corrected chi connectivity index (χ2v) is 5.93. The van der Waals surface area contributed by atoms with E-state index in [2.05, 4.69) is 17.1 Å². The van der Waals surface area contributed by atoms with Gasteiger partial charge in [-0.15, -0.1) is 0 Å². The molecule has 0 bridgehead atoms. The lowest BCUT2D eigenvalue weighted by Crippen LogP contribution is -2.38. The number of piperidine rings is 1. The zero-order valence-corrected chi connectivity index (χ0v) is 12.8. The van der Waals surface area contributed by atoms with Gasteiger partial charge in [0, 0.05) is 40.3 Å². The summed E-state index contributed by atoms with van der Waals surface area (Å²) < 4.78 is 0. The van der Waals surface area contributed by atoms with E-state index in [1.165, 1.54) is 12.0 Å². The molecular formula is C16H25N3O. The van der Waals surface area contributed by atoms with Gasteiger partial charge < -0.3 is 9.80 Å². The number of rotatable bonds is 4. The van der Waals surface area contributed by atoms with E-state index in [4.69, 9.17) is 0 Å². The summed E-state index contributed by atoms with van der Waals surface area (Å²) in [5.74, 6) is 1.87. The van der Waals surface area contributed by atoms with Crippen molar-refractivity contribution in [2.75, 3.05) is 32.1 Å². The Morgan fingerprint density at radius 1 is 1.50 bits per heavy atom. The van der Waals surface area contributed by atoms with Gasteiger partial charge in [0.1, 0.15) is 5.82 Å². The average Bonchev–Trinajstić information content (AvgIpc) is 2.45. The predicted octanol–water partition coefficient (Wildman–Crippen LogP) is 2.34. The van der Waals surface area contributed by atoms with Gasteiger partial charge in [0.05, 0.1) is 0 Å². The highest BCUT2D eigenvalue weighted by Crippen LogP contribution is 2.22. The Hall–Kier alpha value is -1.58. The van der Waals surface area contributed by atoms with Crippen LogP contribution >= 0.6 is 0 Å². The molecule has 1 aliphatic rings. The van der Waals surface area contributed by atoms with Crippen LogP contribution in [0.1, 0.15) is 31.7 Å². The van der Waals surface area contributed by atoms with Crippen molar-refractivity contribution in [3.8, 4) is 0 Å². The van der Waals surface area contributed by atoms with E-state index in [1.807, 2.05) is 30.1 Å². The number of amides is 1. The predicted molar refractivity (Wildman–Crippen MR) is 81.9 cm³/mol. The molecule has 20 heavy (non-hydrogen) atoms. The van der Waals surface area contributed by atoms with E-state index in [0.29, 0.717) is 5.92 Å². The van der Waals surface area contributed by atoms with Crippen LogP contribution in [0, 0.1) is 5.92 Å². The molecule has 4 nitrogen and oxygen atoms in total. The molecule has 0 N–H and O–H groups in total. The maximum atomic E-state index is 11.5. The molecule has 4 heteroatoms. The standard InChI is InChI=1S/C16H25N3O/c1-13(20)19-10-4-5-15(12-19)7-6-14-8-9-17-16(11-14)18(2)3/h8-9,11,15H,4-7,10,12H2,1-3H3. The maximum absolute atomic E-state index is 11.5. The minimum Gasteiger partial charge on any atom is -0.363 e. The highest BCUT2D eigenvalue weighted by molar-refractivity contribution is 5.73. The van der Waals surface area contributed by atoms with Crippen LogP contribution in [0.2, 0.25) is 0 Å². The molecule has 1 saturated heterocycles. The molecule has 2 heterocycles. The maximum Gasteiger partial charge on any atom is 0.219 e. The van der Waals surface area contributed by atoms with Crippen molar-refractivity contribution in [1.29, 1.82) is 0 Å². The third-order valence-electron chi connectivity index (χ3n) is 4.07. The van der Waals surface area contributed by atoms with Gasteiger partial charge in [-0.05, 0) is 49.3 Å². The van der Waals surface area contributed by atoms with E-state index >= 15 is 0 Å². The smallest absolute Gasteiger partial charge is 0.219 e. The average molecular weight is 275 g/mol. The molecule has 1 unspecified atom stereocenters. The van der Waals surface area contributed by atoms with Crippen molar-refractivity contribution in [3.05, 3.63) is 23.9 Å². The van der Waals surface area contributed by atoms with E-state index in [0.717, 1.165) is 38.2 Å². The Balaban J connectivity index is 1.88. The van der Waals surface area contributed by atoms with Crippen molar-refractivity contribution in [2.24, 2.45) is 5.92 Å². The van der Waals surface area contributed by atoms with Crippen LogP contribution in [-0.4, -0.2) is 43.0 Å². The molecule has 1 aromatic heterocycles. The largest absolute Gasteiger partial charge is 0.363 e. The first-order valence-electron chi connectivity index (χ1n) is 7.44. The molecule has 1 atom stereocenters. The lowest BCUT2D eigenvalue weighted by atomic mass is 9.92. The lowest BCUT2D eigenvalue weighted by molar-refractivity contribution is -0.130. The number of nitrogens with zero attached hydrogens (tertiary/aromatic N) is 3. The number of likely N-dealkylation sites (tertiary alicyclic amines) is 1. The molecule has 1 aliphatic heterocycles. The number of hydrogen-bond acceptors (Lipinski definition) is 3. The minimum absolute atomic E-state index is 0.216. The molecule has 0 aromatic carbocycles. The highest BCUT2D eigenvalue weighted by atomic mass is 16.2. The number of carbonyl (C=O) groups is 1. The van der Waals surface area contributed by atoms with Crippen LogP contribution in [0.15, 0.2) is 18.3 Å². The fourth-order valence-corrected chi connectivity index (χ4v) is 2.82. The summed E-state index contributed by atoms with van der Waals surface area (Å²) in [6.07, 6.45) is 6.49. The summed E-state index contributed by atoms with van der Waals surface area (Å²) in [4.78, 5) is 19.8. The molecule has 1 fully saturated rings. The van der Waals surface area contributed by atoms with Crippen LogP contribution in [0.5, 0.6) is 0 Å². The van der Waals surface area contributed by atoms with Crippen LogP contribution in [0.25, 0.3) is 0 Å². The first kappa shape index (κ1) is 14.8. The van der Waals surface area contributed by atoms with Gasteiger partial charge in [-0.1, -0.05) is 0 Å². The van der Waals surface area contributed by atoms with Crippen molar-refractivity contribution in [1.82, 2.24) is 9.88 Å². The minimum atomic E-state index is 0.216. The number of anilines is 1. The number of pyridine rings is 1. The third kappa shape index (κ3) is 3.95. The van der Waals surface area contributed by atoms with Gasteiger partial charge >= 0.3 is 0 Å². The summed E-state index contributed by atoms with van der Waals surface area (Å²) in [5.41, 5.74) is 1.34. The number of aryl methyl sites for hydroxylation is 1. The molecular weight excluding hydrogens is 250 g/mol. The van der Waals surface area contributed by atoms with E-state index in [9.17, 15) is 4.79 Å². The van der Waals surface area contributed by atoms with E-state index in [1.54, 1.807) is 6.92 Å². The number of aromatic nitrogens is 1. The first-order chi connectivity index (χ1) is 9.56. The topological polar surface area (TPSA) is 36.4 Å². The van der Waals surface area contributed by atoms with Gasteiger partial charge in [0.25, 0.3) is 0 Å². The molecule has 0 aliphatic carbocycles. The third-order valence-corrected chi connectivity index (χ3v) is 4.07. The molecule has 1 amide bonds. The van der Waals surface area contributed by atoms with Crippen molar-refractivity contribution >= 4 is 11.7 Å². The first-order valence-corrected chi connectivity index (χ1v) is 7.44. The summed E-state index contributed by atoms with van der Waals surface area (Å²) in [5, 5.41) is 0. The van der Waals surface area contributed by atoms with Gasteiger partial charge in [0.15, 0.2) is 0 Å². The van der Waals surface area contributed by atoms with Crippen molar-refractivity contribution < 1.29 is 4.79 Å². The quantitative estimate of drug-likeness (QED) is 0.846. The fourth-order valence-electron chi connectivity index (χ4n) is 2.82. The van der Waals surface area contributed by atoms with Crippen LogP contribution in [0.3, 0.4) is 0 Å². The van der Waals surface area contributed by atoms with E-state index in [-0.39, 0.29) is 5.91 Å². The second kappa shape index (κ2) is 6.73. The van der Waals surface area contributed by atoms with Crippen molar-refractivity contribution in [2.45, 2.75) is 32.6 Å². The Labute approximate surface area is 121 Å². The molecule has 2 rings (SSSR count). The van der Waals surface area contributed by atoms with E-state index < -0.39 is 0 Å². The van der Waals surface area contributed by atoms with Gasteiger partial charge in [-0.3, -0.25) is 4.79 Å². The number of carbonyl (C=O) groups excluding carboxylic acids is 1. The number of hydrogen-bond donors (Lipinski definition) is 0. The van der Waals surface area contributed by atoms with Crippen LogP contribution < -0.4 is 4.90 Å². The zero-order chi connectivity index (χ0) is 14.5. The van der Waals surface area contributed by atoms with Crippen LogP contribution in [0.4, 0.5) is 5.82 Å². The molecule has 0 saturated carbocycles. The Bertz CT molecular complexity index is 459. The van der Waals surface area contributed by atoms with Gasteiger partial charge in [-0.2, -0.15) is 0 Å². The molecule has 110 valence electrons. The molecule has 1 aromatic rings. The van der Waals surface area contributed by atoms with Crippen LogP contribution in [-0.2, 0) is 11.2 Å². The highest BCUT2D eigenvalue weighted by Gasteiger charge is 2.21. The van der Waals surface area contributed by atoms with Gasteiger partial charge in [0.2, 0.25) is 5.91 Å². The summed E-state index contributed by atoms with van der Waals surface area (Å²) in [7, 11) is 4.02. The van der Waals surface area contributed by atoms with Gasteiger partial charge in [-0.25, -0.2) is 4.98 Å². The Kier molecular flexibility index (Phi) is 4.99. The summed E-state index contributed by atoms with van der Waals surface area (Å²) in [6.45, 7) is 3.54. The Morgan fingerprint density at radius 3 is 3.00 bits per heavy atom.